The fourth-order valence-electron chi connectivity index (χ4n) is 2.06. The van der Waals surface area contributed by atoms with E-state index < -0.39 is 0 Å². The maximum Gasteiger partial charge on any atom is 0.220 e. The van der Waals surface area contributed by atoms with Crippen molar-refractivity contribution in [2.24, 2.45) is 5.92 Å². The van der Waals surface area contributed by atoms with Crippen molar-refractivity contribution in [2.75, 3.05) is 13.1 Å². The average Bonchev–Trinajstić information content (AvgIpc) is 2.88. The molecule has 4 heteroatoms. The minimum Gasteiger partial charge on any atom is -0.349 e. The Kier molecular flexibility index (Phi) is 3.96. The first kappa shape index (κ1) is 11.6. The summed E-state index contributed by atoms with van der Waals surface area (Å²) in [6.07, 6.45) is 1.78. The largest absolute Gasteiger partial charge is 0.349 e. The zero-order valence-corrected chi connectivity index (χ0v) is 10.3. The molecule has 1 aliphatic heterocycles. The molecule has 0 aromatic carbocycles. The zero-order valence-electron chi connectivity index (χ0n) is 9.53. The van der Waals surface area contributed by atoms with Crippen LogP contribution in [0, 0.1) is 5.92 Å². The fourth-order valence-corrected chi connectivity index (χ4v) is 2.79. The average molecular weight is 238 g/mol. The van der Waals surface area contributed by atoms with E-state index in [4.69, 9.17) is 0 Å². The molecule has 2 N–H and O–H groups in total. The van der Waals surface area contributed by atoms with Crippen LogP contribution in [0.25, 0.3) is 0 Å². The van der Waals surface area contributed by atoms with E-state index >= 15 is 0 Å². The standard InChI is InChI=1S/C12H18N2OS/c1-9(11-3-2-6-16-11)14-12(15)7-10-4-5-13-8-10/h2-3,6,9-10,13H,4-5,7-8H2,1H3,(H,14,15)/t9-,10?/m0/s1. The molecular weight excluding hydrogens is 220 g/mol. The quantitative estimate of drug-likeness (QED) is 0.841. The lowest BCUT2D eigenvalue weighted by Gasteiger charge is -2.14. The predicted octanol–water partition coefficient (Wildman–Crippen LogP) is 1.92. The van der Waals surface area contributed by atoms with Gasteiger partial charge in [0.15, 0.2) is 0 Å². The number of amides is 1. The SMILES string of the molecule is C[C@H](NC(=O)CC1CCNC1)c1cccs1. The molecule has 1 amide bonds. The van der Waals surface area contributed by atoms with E-state index in [1.54, 1.807) is 11.3 Å². The molecule has 88 valence electrons. The Morgan fingerprint density at radius 1 is 1.75 bits per heavy atom. The summed E-state index contributed by atoms with van der Waals surface area (Å²) < 4.78 is 0. The van der Waals surface area contributed by atoms with Crippen molar-refractivity contribution in [1.29, 1.82) is 0 Å². The van der Waals surface area contributed by atoms with Gasteiger partial charge < -0.3 is 10.6 Å². The second kappa shape index (κ2) is 5.46. The van der Waals surface area contributed by atoms with Crippen molar-refractivity contribution in [3.63, 3.8) is 0 Å². The molecule has 1 aromatic rings. The smallest absolute Gasteiger partial charge is 0.220 e. The highest BCUT2D eigenvalue weighted by Gasteiger charge is 2.19. The summed E-state index contributed by atoms with van der Waals surface area (Å²) in [5.74, 6) is 0.699. The van der Waals surface area contributed by atoms with Crippen LogP contribution in [-0.2, 0) is 4.79 Å². The van der Waals surface area contributed by atoms with Crippen LogP contribution in [0.5, 0.6) is 0 Å². The van der Waals surface area contributed by atoms with Crippen LogP contribution in [0.2, 0.25) is 0 Å². The molecule has 0 bridgehead atoms. The summed E-state index contributed by atoms with van der Waals surface area (Å²) in [7, 11) is 0. The Morgan fingerprint density at radius 2 is 2.62 bits per heavy atom. The highest BCUT2D eigenvalue weighted by molar-refractivity contribution is 7.10. The second-order valence-corrected chi connectivity index (χ2v) is 5.35. The minimum absolute atomic E-state index is 0.141. The molecule has 1 unspecified atom stereocenters. The third-order valence-corrected chi connectivity index (χ3v) is 4.04. The summed E-state index contributed by atoms with van der Waals surface area (Å²) >= 11 is 1.69. The predicted molar refractivity (Wildman–Crippen MR) is 66.5 cm³/mol. The highest BCUT2D eigenvalue weighted by atomic mass is 32.1. The van der Waals surface area contributed by atoms with E-state index in [9.17, 15) is 4.79 Å². The van der Waals surface area contributed by atoms with Crippen LogP contribution < -0.4 is 10.6 Å². The van der Waals surface area contributed by atoms with Gasteiger partial charge >= 0.3 is 0 Å². The lowest BCUT2D eigenvalue weighted by molar-refractivity contribution is -0.122. The number of nitrogens with one attached hydrogen (secondary N) is 2. The van der Waals surface area contributed by atoms with Crippen LogP contribution in [0.4, 0.5) is 0 Å². The van der Waals surface area contributed by atoms with Gasteiger partial charge in [-0.2, -0.15) is 0 Å². The van der Waals surface area contributed by atoms with Gasteiger partial charge in [0, 0.05) is 11.3 Å². The number of rotatable bonds is 4. The third kappa shape index (κ3) is 3.06. The molecule has 0 radical (unpaired) electrons. The van der Waals surface area contributed by atoms with Crippen LogP contribution in [0.3, 0.4) is 0 Å². The Bertz CT molecular complexity index is 331. The fraction of sp³-hybridized carbons (Fsp3) is 0.583. The normalized spacial score (nSPS) is 21.9. The Labute approximate surface area is 100 Å². The molecule has 1 aliphatic rings. The summed E-state index contributed by atoms with van der Waals surface area (Å²) in [5.41, 5.74) is 0. The van der Waals surface area contributed by atoms with Crippen LogP contribution in [-0.4, -0.2) is 19.0 Å². The van der Waals surface area contributed by atoms with Crippen LogP contribution in [0.1, 0.15) is 30.7 Å². The third-order valence-electron chi connectivity index (χ3n) is 2.98. The molecule has 16 heavy (non-hydrogen) atoms. The topological polar surface area (TPSA) is 41.1 Å². The van der Waals surface area contributed by atoms with E-state index in [1.165, 1.54) is 4.88 Å². The number of carbonyl (C=O) groups is 1. The van der Waals surface area contributed by atoms with Crippen molar-refractivity contribution in [3.05, 3.63) is 22.4 Å². The van der Waals surface area contributed by atoms with E-state index in [1.807, 2.05) is 18.4 Å². The Balaban J connectivity index is 1.78. The molecule has 2 rings (SSSR count). The number of hydrogen-bond acceptors (Lipinski definition) is 3. The molecule has 1 saturated heterocycles. The van der Waals surface area contributed by atoms with Crippen molar-refractivity contribution >= 4 is 17.2 Å². The number of hydrogen-bond donors (Lipinski definition) is 2. The van der Waals surface area contributed by atoms with Gasteiger partial charge in [0.05, 0.1) is 6.04 Å². The molecule has 0 spiro atoms. The van der Waals surface area contributed by atoms with Crippen molar-refractivity contribution in [1.82, 2.24) is 10.6 Å². The van der Waals surface area contributed by atoms with Gasteiger partial charge in [0.25, 0.3) is 0 Å². The van der Waals surface area contributed by atoms with Gasteiger partial charge in [0.1, 0.15) is 0 Å². The summed E-state index contributed by atoms with van der Waals surface area (Å²) in [6, 6.07) is 4.22. The highest BCUT2D eigenvalue weighted by Crippen LogP contribution is 2.19. The van der Waals surface area contributed by atoms with Gasteiger partial charge in [-0.05, 0) is 43.8 Å². The van der Waals surface area contributed by atoms with Crippen molar-refractivity contribution in [3.8, 4) is 0 Å². The molecule has 2 heterocycles. The molecular formula is C12H18N2OS. The van der Waals surface area contributed by atoms with Crippen molar-refractivity contribution < 1.29 is 4.79 Å². The van der Waals surface area contributed by atoms with Gasteiger partial charge in [-0.25, -0.2) is 0 Å². The van der Waals surface area contributed by atoms with Gasteiger partial charge in [0.2, 0.25) is 5.91 Å². The first-order valence-corrected chi connectivity index (χ1v) is 6.67. The molecule has 3 nitrogen and oxygen atoms in total. The molecule has 1 fully saturated rings. The van der Waals surface area contributed by atoms with Gasteiger partial charge in [-0.15, -0.1) is 11.3 Å². The maximum atomic E-state index is 11.8. The van der Waals surface area contributed by atoms with E-state index in [-0.39, 0.29) is 11.9 Å². The summed E-state index contributed by atoms with van der Waals surface area (Å²) in [6.45, 7) is 4.08. The molecule has 1 aromatic heterocycles. The van der Waals surface area contributed by atoms with Gasteiger partial charge in [-0.1, -0.05) is 6.07 Å². The minimum atomic E-state index is 0.141. The maximum absolute atomic E-state index is 11.8. The Morgan fingerprint density at radius 3 is 3.25 bits per heavy atom. The summed E-state index contributed by atoms with van der Waals surface area (Å²) in [5, 5.41) is 8.37. The van der Waals surface area contributed by atoms with Crippen molar-refractivity contribution in [2.45, 2.75) is 25.8 Å². The lowest BCUT2D eigenvalue weighted by Crippen LogP contribution is -2.28. The van der Waals surface area contributed by atoms with E-state index in [0.717, 1.165) is 19.5 Å². The lowest BCUT2D eigenvalue weighted by atomic mass is 10.0. The first-order chi connectivity index (χ1) is 7.75. The number of carbonyl (C=O) groups excluding carboxylic acids is 1. The van der Waals surface area contributed by atoms with E-state index in [2.05, 4.69) is 16.7 Å². The molecule has 2 atom stereocenters. The monoisotopic (exact) mass is 238 g/mol. The van der Waals surface area contributed by atoms with Crippen LogP contribution >= 0.6 is 11.3 Å². The molecule has 0 saturated carbocycles. The zero-order chi connectivity index (χ0) is 11.4. The van der Waals surface area contributed by atoms with Gasteiger partial charge in [-0.3, -0.25) is 4.79 Å². The Hall–Kier alpha value is -0.870. The summed E-state index contributed by atoms with van der Waals surface area (Å²) in [4.78, 5) is 13.0. The first-order valence-electron chi connectivity index (χ1n) is 5.79. The molecule has 0 aliphatic carbocycles. The second-order valence-electron chi connectivity index (χ2n) is 4.37. The van der Waals surface area contributed by atoms with Crippen LogP contribution in [0.15, 0.2) is 17.5 Å². The number of thiophene rings is 1. The van der Waals surface area contributed by atoms with E-state index in [0.29, 0.717) is 12.3 Å².